The fourth-order valence-electron chi connectivity index (χ4n) is 1.81. The van der Waals surface area contributed by atoms with Crippen molar-refractivity contribution >= 4 is 33.9 Å². The Morgan fingerprint density at radius 2 is 2.19 bits per heavy atom. The summed E-state index contributed by atoms with van der Waals surface area (Å²) in [6.07, 6.45) is 1.65. The van der Waals surface area contributed by atoms with E-state index in [4.69, 9.17) is 16.3 Å². The lowest BCUT2D eigenvalue weighted by Gasteiger charge is -2.05. The lowest BCUT2D eigenvalue weighted by atomic mass is 10.2. The molecule has 0 saturated heterocycles. The molecule has 0 fully saturated rings. The summed E-state index contributed by atoms with van der Waals surface area (Å²) >= 11 is 7.26. The van der Waals surface area contributed by atoms with Crippen molar-refractivity contribution < 1.29 is 9.53 Å². The van der Waals surface area contributed by atoms with Crippen LogP contribution in [0.3, 0.4) is 0 Å². The lowest BCUT2D eigenvalue weighted by molar-refractivity contribution is 0.0468. The second kappa shape index (κ2) is 5.67. The van der Waals surface area contributed by atoms with Gasteiger partial charge in [-0.25, -0.2) is 9.78 Å². The average molecular weight is 321 g/mol. The number of aromatic nitrogens is 2. The Kier molecular flexibility index (Phi) is 3.72. The lowest BCUT2D eigenvalue weighted by Crippen LogP contribution is -2.14. The van der Waals surface area contributed by atoms with E-state index in [1.165, 1.54) is 21.8 Å². The van der Waals surface area contributed by atoms with Crippen LogP contribution in [0.15, 0.2) is 46.7 Å². The van der Waals surface area contributed by atoms with Gasteiger partial charge in [0.2, 0.25) is 0 Å². The highest BCUT2D eigenvalue weighted by Gasteiger charge is 2.12. The minimum atomic E-state index is -0.547. The fourth-order valence-corrected chi connectivity index (χ4v) is 2.76. The van der Waals surface area contributed by atoms with Gasteiger partial charge in [0.25, 0.3) is 5.56 Å². The number of halogens is 1. The molecule has 21 heavy (non-hydrogen) atoms. The van der Waals surface area contributed by atoms with E-state index in [0.29, 0.717) is 15.7 Å². The van der Waals surface area contributed by atoms with Crippen molar-refractivity contribution in [2.24, 2.45) is 0 Å². The predicted molar refractivity (Wildman–Crippen MR) is 79.9 cm³/mol. The zero-order valence-electron chi connectivity index (χ0n) is 10.7. The Morgan fingerprint density at radius 1 is 1.38 bits per heavy atom. The number of hydrogen-bond donors (Lipinski definition) is 0. The van der Waals surface area contributed by atoms with Gasteiger partial charge in [0.1, 0.15) is 6.61 Å². The van der Waals surface area contributed by atoms with E-state index < -0.39 is 5.97 Å². The zero-order valence-corrected chi connectivity index (χ0v) is 12.2. The van der Waals surface area contributed by atoms with E-state index in [1.54, 1.807) is 35.8 Å². The molecule has 106 valence electrons. The number of thiazole rings is 1. The Bertz CT molecular complexity index is 872. The van der Waals surface area contributed by atoms with E-state index in [2.05, 4.69) is 4.98 Å². The van der Waals surface area contributed by atoms with Gasteiger partial charge in [0, 0.05) is 17.6 Å². The van der Waals surface area contributed by atoms with Gasteiger partial charge in [0.15, 0.2) is 4.96 Å². The predicted octanol–water partition coefficient (Wildman–Crippen LogP) is 2.77. The first kappa shape index (κ1) is 13.8. The van der Waals surface area contributed by atoms with Gasteiger partial charge >= 0.3 is 5.97 Å². The van der Waals surface area contributed by atoms with Crippen LogP contribution in [-0.2, 0) is 11.3 Å². The van der Waals surface area contributed by atoms with Crippen LogP contribution in [-0.4, -0.2) is 15.4 Å². The molecule has 0 N–H and O–H groups in total. The average Bonchev–Trinajstić information content (AvgIpc) is 2.94. The van der Waals surface area contributed by atoms with E-state index >= 15 is 0 Å². The van der Waals surface area contributed by atoms with Gasteiger partial charge in [-0.2, -0.15) is 0 Å². The maximum absolute atomic E-state index is 11.9. The number of nitrogens with zero attached hydrogens (tertiary/aromatic N) is 2. The number of hydrogen-bond acceptors (Lipinski definition) is 5. The summed E-state index contributed by atoms with van der Waals surface area (Å²) in [6.45, 7) is -0.0757. The molecule has 0 aliphatic heterocycles. The SMILES string of the molecule is O=C(OCc1cc(=O)n2ccsc2n1)c1ccccc1Cl. The summed E-state index contributed by atoms with van der Waals surface area (Å²) < 4.78 is 6.58. The molecule has 0 unspecified atom stereocenters. The first-order valence-corrected chi connectivity index (χ1v) is 7.28. The Morgan fingerprint density at radius 3 is 3.00 bits per heavy atom. The zero-order chi connectivity index (χ0) is 14.8. The highest BCUT2D eigenvalue weighted by molar-refractivity contribution is 7.15. The summed E-state index contributed by atoms with van der Waals surface area (Å²) in [5.41, 5.74) is 0.487. The number of esters is 1. The molecule has 2 aromatic heterocycles. The third kappa shape index (κ3) is 2.81. The second-order valence-electron chi connectivity index (χ2n) is 4.20. The third-order valence-electron chi connectivity index (χ3n) is 2.80. The maximum Gasteiger partial charge on any atom is 0.340 e. The normalized spacial score (nSPS) is 10.7. The van der Waals surface area contributed by atoms with Gasteiger partial charge in [-0.05, 0) is 12.1 Å². The summed E-state index contributed by atoms with van der Waals surface area (Å²) in [5, 5.41) is 2.09. The molecule has 0 aliphatic rings. The number of benzene rings is 1. The van der Waals surface area contributed by atoms with Crippen LogP contribution in [0.4, 0.5) is 0 Å². The first-order chi connectivity index (χ1) is 10.1. The topological polar surface area (TPSA) is 60.7 Å². The van der Waals surface area contributed by atoms with Crippen molar-refractivity contribution in [3.05, 3.63) is 68.5 Å². The smallest absolute Gasteiger partial charge is 0.340 e. The highest BCUT2D eigenvalue weighted by atomic mass is 35.5. The largest absolute Gasteiger partial charge is 0.456 e. The maximum atomic E-state index is 11.9. The number of carbonyl (C=O) groups is 1. The van der Waals surface area contributed by atoms with Crippen LogP contribution in [0.5, 0.6) is 0 Å². The van der Waals surface area contributed by atoms with E-state index in [-0.39, 0.29) is 17.7 Å². The number of fused-ring (bicyclic) bond motifs is 1. The molecule has 5 nitrogen and oxygen atoms in total. The van der Waals surface area contributed by atoms with Crippen LogP contribution in [0, 0.1) is 0 Å². The Hall–Kier alpha value is -2.18. The van der Waals surface area contributed by atoms with E-state index in [0.717, 1.165) is 0 Å². The molecule has 0 saturated carbocycles. The number of ether oxygens (including phenoxy) is 1. The van der Waals surface area contributed by atoms with Gasteiger partial charge < -0.3 is 4.74 Å². The number of rotatable bonds is 3. The van der Waals surface area contributed by atoms with Crippen molar-refractivity contribution in [1.82, 2.24) is 9.38 Å². The molecule has 2 heterocycles. The van der Waals surface area contributed by atoms with Crippen LogP contribution in [0.2, 0.25) is 5.02 Å². The van der Waals surface area contributed by atoms with Crippen molar-refractivity contribution in [3.63, 3.8) is 0 Å². The first-order valence-electron chi connectivity index (χ1n) is 6.02. The minimum absolute atomic E-state index is 0.0757. The molecule has 0 radical (unpaired) electrons. The molecular formula is C14H9ClN2O3S. The molecular weight excluding hydrogens is 312 g/mol. The van der Waals surface area contributed by atoms with E-state index in [9.17, 15) is 9.59 Å². The molecule has 0 atom stereocenters. The molecule has 7 heteroatoms. The molecule has 1 aromatic carbocycles. The van der Waals surface area contributed by atoms with Crippen molar-refractivity contribution in [1.29, 1.82) is 0 Å². The summed E-state index contributed by atoms with van der Waals surface area (Å²) in [7, 11) is 0. The Labute approximate surface area is 128 Å². The van der Waals surface area contributed by atoms with Crippen LogP contribution in [0.25, 0.3) is 4.96 Å². The number of carbonyl (C=O) groups excluding carboxylic acids is 1. The van der Waals surface area contributed by atoms with Crippen LogP contribution in [0.1, 0.15) is 16.1 Å². The minimum Gasteiger partial charge on any atom is -0.456 e. The molecule has 3 aromatic rings. The van der Waals surface area contributed by atoms with Gasteiger partial charge in [-0.15, -0.1) is 11.3 Å². The molecule has 0 spiro atoms. The fraction of sp³-hybridized carbons (Fsp3) is 0.0714. The standard InChI is InChI=1S/C14H9ClN2O3S/c15-11-4-2-1-3-10(11)13(19)20-8-9-7-12(18)17-5-6-21-14(17)16-9/h1-7H,8H2. The van der Waals surface area contributed by atoms with Gasteiger partial charge in [-0.1, -0.05) is 23.7 Å². The third-order valence-corrected chi connectivity index (χ3v) is 3.89. The van der Waals surface area contributed by atoms with E-state index in [1.807, 2.05) is 0 Å². The summed E-state index contributed by atoms with van der Waals surface area (Å²) in [5.74, 6) is -0.547. The van der Waals surface area contributed by atoms with Crippen molar-refractivity contribution in [2.45, 2.75) is 6.61 Å². The quantitative estimate of drug-likeness (QED) is 0.696. The monoisotopic (exact) mass is 320 g/mol. The van der Waals surface area contributed by atoms with Crippen LogP contribution < -0.4 is 5.56 Å². The Balaban J connectivity index is 1.79. The van der Waals surface area contributed by atoms with Crippen molar-refractivity contribution in [3.8, 4) is 0 Å². The second-order valence-corrected chi connectivity index (χ2v) is 5.48. The molecule has 0 bridgehead atoms. The molecule has 3 rings (SSSR count). The molecule has 0 amide bonds. The molecule has 0 aliphatic carbocycles. The van der Waals surface area contributed by atoms with Crippen molar-refractivity contribution in [2.75, 3.05) is 0 Å². The summed E-state index contributed by atoms with van der Waals surface area (Å²) in [6, 6.07) is 7.96. The van der Waals surface area contributed by atoms with Gasteiger partial charge in [-0.3, -0.25) is 9.20 Å². The summed E-state index contributed by atoms with van der Waals surface area (Å²) in [4.78, 5) is 28.5. The van der Waals surface area contributed by atoms with Gasteiger partial charge in [0.05, 0.1) is 16.3 Å². The van der Waals surface area contributed by atoms with Crippen LogP contribution >= 0.6 is 22.9 Å². The highest BCUT2D eigenvalue weighted by Crippen LogP contribution is 2.16.